The highest BCUT2D eigenvalue weighted by molar-refractivity contribution is 4.97. The second-order valence-electron chi connectivity index (χ2n) is 10.3. The number of allylic oxidation sites excluding steroid dienone is 1. The average molecular weight is 399 g/mol. The zero-order valence-corrected chi connectivity index (χ0v) is 20.9. The van der Waals surface area contributed by atoms with Crippen LogP contribution in [0, 0.1) is 11.8 Å². The predicted octanol–water partition coefficient (Wildman–Crippen LogP) is 7.19. The number of ether oxygens (including phenoxy) is 3. The minimum atomic E-state index is -0.230. The molecule has 3 nitrogen and oxygen atoms in total. The molecule has 0 heterocycles. The van der Waals surface area contributed by atoms with Crippen LogP contribution in [0.5, 0.6) is 0 Å². The first-order chi connectivity index (χ1) is 12.8. The Labute approximate surface area is 176 Å². The molecule has 168 valence electrons. The van der Waals surface area contributed by atoms with Crippen molar-refractivity contribution in [2.45, 2.75) is 119 Å². The molecular formula is C25H50O3. The van der Waals surface area contributed by atoms with Crippen molar-refractivity contribution in [2.75, 3.05) is 19.8 Å². The average Bonchev–Trinajstić information content (AvgIpc) is 2.61. The highest BCUT2D eigenvalue weighted by Crippen LogP contribution is 2.38. The van der Waals surface area contributed by atoms with Crippen molar-refractivity contribution >= 4 is 0 Å². The Balaban J connectivity index is 5.35. The van der Waals surface area contributed by atoms with Gasteiger partial charge in [0, 0.05) is 13.2 Å². The van der Waals surface area contributed by atoms with E-state index in [0.717, 1.165) is 38.9 Å². The molecule has 0 bridgehead atoms. The summed E-state index contributed by atoms with van der Waals surface area (Å²) in [6, 6.07) is 0. The number of hydrogen-bond donors (Lipinski definition) is 0. The van der Waals surface area contributed by atoms with E-state index in [1.54, 1.807) is 0 Å². The first-order valence-corrected chi connectivity index (χ1v) is 11.3. The van der Waals surface area contributed by atoms with Crippen LogP contribution in [0.25, 0.3) is 0 Å². The SMILES string of the molecule is C/C=C(/C)COC(C)(C)CC(CC(C)(C)OCCC)C(C)(C)OCC(C)CC. The lowest BCUT2D eigenvalue weighted by atomic mass is 9.76. The molecule has 2 unspecified atom stereocenters. The van der Waals surface area contributed by atoms with E-state index in [-0.39, 0.29) is 16.8 Å². The number of rotatable bonds is 15. The van der Waals surface area contributed by atoms with Crippen molar-refractivity contribution in [2.24, 2.45) is 11.8 Å². The zero-order valence-electron chi connectivity index (χ0n) is 20.9. The summed E-state index contributed by atoms with van der Waals surface area (Å²) in [5.74, 6) is 0.912. The summed E-state index contributed by atoms with van der Waals surface area (Å²) in [6.45, 7) is 26.4. The summed E-state index contributed by atoms with van der Waals surface area (Å²) >= 11 is 0. The molecule has 0 fully saturated rings. The number of hydrogen-bond acceptors (Lipinski definition) is 3. The molecule has 28 heavy (non-hydrogen) atoms. The fraction of sp³-hybridized carbons (Fsp3) is 0.920. The molecule has 0 N–H and O–H groups in total. The molecule has 0 aromatic carbocycles. The molecule has 2 atom stereocenters. The maximum absolute atomic E-state index is 6.46. The van der Waals surface area contributed by atoms with Gasteiger partial charge in [-0.25, -0.2) is 0 Å². The van der Waals surface area contributed by atoms with Crippen LogP contribution < -0.4 is 0 Å². The molecule has 0 amide bonds. The largest absolute Gasteiger partial charge is 0.376 e. The van der Waals surface area contributed by atoms with Crippen LogP contribution in [0.4, 0.5) is 0 Å². The van der Waals surface area contributed by atoms with Crippen molar-refractivity contribution in [3.05, 3.63) is 11.6 Å². The van der Waals surface area contributed by atoms with E-state index in [2.05, 4.69) is 82.2 Å². The fourth-order valence-corrected chi connectivity index (χ4v) is 3.23. The minimum Gasteiger partial charge on any atom is -0.376 e. The van der Waals surface area contributed by atoms with Crippen molar-refractivity contribution < 1.29 is 14.2 Å². The summed E-state index contributed by atoms with van der Waals surface area (Å²) < 4.78 is 18.9. The lowest BCUT2D eigenvalue weighted by Crippen LogP contribution is -2.44. The monoisotopic (exact) mass is 398 g/mol. The molecule has 0 radical (unpaired) electrons. The highest BCUT2D eigenvalue weighted by Gasteiger charge is 2.39. The summed E-state index contributed by atoms with van der Waals surface area (Å²) in [5, 5.41) is 0. The summed E-state index contributed by atoms with van der Waals surface area (Å²) in [6.07, 6.45) is 6.20. The first-order valence-electron chi connectivity index (χ1n) is 11.3. The topological polar surface area (TPSA) is 27.7 Å². The third-order valence-corrected chi connectivity index (χ3v) is 5.78. The van der Waals surface area contributed by atoms with Crippen LogP contribution in [0.15, 0.2) is 11.6 Å². The van der Waals surface area contributed by atoms with Gasteiger partial charge in [0.2, 0.25) is 0 Å². The lowest BCUT2D eigenvalue weighted by molar-refractivity contribution is -0.129. The maximum atomic E-state index is 6.46. The van der Waals surface area contributed by atoms with Gasteiger partial charge in [-0.05, 0) is 86.5 Å². The Morgan fingerprint density at radius 1 is 0.893 bits per heavy atom. The van der Waals surface area contributed by atoms with Gasteiger partial charge >= 0.3 is 0 Å². The third-order valence-electron chi connectivity index (χ3n) is 5.78. The molecule has 0 aliphatic carbocycles. The summed E-state index contributed by atoms with van der Waals surface area (Å²) in [4.78, 5) is 0. The molecule has 3 heteroatoms. The lowest BCUT2D eigenvalue weighted by Gasteiger charge is -2.43. The molecule has 0 aliphatic rings. The van der Waals surface area contributed by atoms with Gasteiger partial charge in [0.15, 0.2) is 0 Å². The van der Waals surface area contributed by atoms with Crippen molar-refractivity contribution in [3.8, 4) is 0 Å². The van der Waals surface area contributed by atoms with Gasteiger partial charge in [-0.3, -0.25) is 0 Å². The van der Waals surface area contributed by atoms with Crippen molar-refractivity contribution in [1.82, 2.24) is 0 Å². The Kier molecular flexibility index (Phi) is 12.2. The Morgan fingerprint density at radius 2 is 1.43 bits per heavy atom. The van der Waals surface area contributed by atoms with Gasteiger partial charge in [-0.15, -0.1) is 0 Å². The molecule has 0 rings (SSSR count). The molecule has 0 aliphatic heterocycles. The summed E-state index contributed by atoms with van der Waals surface area (Å²) in [7, 11) is 0. The molecule has 0 saturated carbocycles. The van der Waals surface area contributed by atoms with E-state index in [1.165, 1.54) is 5.57 Å². The van der Waals surface area contributed by atoms with Crippen LogP contribution >= 0.6 is 0 Å². The predicted molar refractivity (Wildman–Crippen MR) is 122 cm³/mol. The quantitative estimate of drug-likeness (QED) is 0.273. The second-order valence-corrected chi connectivity index (χ2v) is 10.3. The smallest absolute Gasteiger partial charge is 0.0681 e. The van der Waals surface area contributed by atoms with E-state index in [0.29, 0.717) is 18.4 Å². The fourth-order valence-electron chi connectivity index (χ4n) is 3.23. The highest BCUT2D eigenvalue weighted by atomic mass is 16.5. The molecule has 0 saturated heterocycles. The second kappa shape index (κ2) is 12.3. The zero-order chi connectivity index (χ0) is 22.0. The standard InChI is InChI=1S/C25H50O3/c1-12-15-26-23(6,7)16-22(25(10,11)28-19-21(5)14-3)17-24(8,9)27-18-20(4)13-2/h13,21-22H,12,14-19H2,1-11H3/b20-13-. The van der Waals surface area contributed by atoms with Gasteiger partial charge in [0.1, 0.15) is 0 Å². The Hall–Kier alpha value is -0.380. The van der Waals surface area contributed by atoms with Crippen LogP contribution in [-0.4, -0.2) is 36.6 Å². The molecule has 0 spiro atoms. The summed E-state index contributed by atoms with van der Waals surface area (Å²) in [5.41, 5.74) is 0.648. The third kappa shape index (κ3) is 11.6. The minimum absolute atomic E-state index is 0.174. The van der Waals surface area contributed by atoms with Crippen molar-refractivity contribution in [1.29, 1.82) is 0 Å². The Bertz CT molecular complexity index is 449. The van der Waals surface area contributed by atoms with E-state index >= 15 is 0 Å². The van der Waals surface area contributed by atoms with E-state index in [1.807, 2.05) is 0 Å². The van der Waals surface area contributed by atoms with E-state index < -0.39 is 0 Å². The van der Waals surface area contributed by atoms with E-state index in [4.69, 9.17) is 14.2 Å². The van der Waals surface area contributed by atoms with Crippen LogP contribution in [0.1, 0.15) is 102 Å². The Morgan fingerprint density at radius 3 is 1.89 bits per heavy atom. The van der Waals surface area contributed by atoms with Gasteiger partial charge in [-0.2, -0.15) is 0 Å². The normalized spacial score (nSPS) is 16.3. The molecule has 0 aromatic rings. The van der Waals surface area contributed by atoms with Gasteiger partial charge < -0.3 is 14.2 Å². The van der Waals surface area contributed by atoms with Crippen LogP contribution in [0.3, 0.4) is 0 Å². The van der Waals surface area contributed by atoms with Crippen LogP contribution in [0.2, 0.25) is 0 Å². The van der Waals surface area contributed by atoms with E-state index in [9.17, 15) is 0 Å². The molecule has 0 aromatic heterocycles. The molecular weight excluding hydrogens is 348 g/mol. The van der Waals surface area contributed by atoms with Gasteiger partial charge in [0.05, 0.1) is 23.4 Å². The van der Waals surface area contributed by atoms with Crippen LogP contribution in [-0.2, 0) is 14.2 Å². The maximum Gasteiger partial charge on any atom is 0.0681 e. The van der Waals surface area contributed by atoms with Gasteiger partial charge in [0.25, 0.3) is 0 Å². The van der Waals surface area contributed by atoms with Crippen molar-refractivity contribution in [3.63, 3.8) is 0 Å². The first kappa shape index (κ1) is 27.6. The van der Waals surface area contributed by atoms with Gasteiger partial charge in [-0.1, -0.05) is 38.8 Å².